The van der Waals surface area contributed by atoms with Crippen molar-refractivity contribution in [1.29, 1.82) is 0 Å². The summed E-state index contributed by atoms with van der Waals surface area (Å²) in [6.07, 6.45) is 1.04. The standard InChI is InChI=1S/C12H15ClO3.C2H6/c1-2-15-12(14)4-3-9-16-11-7-5-10(13)6-8-11;1-2/h5-8H,2-4,9H2,1H3;1-2H3. The molecule has 0 fully saturated rings. The first-order chi connectivity index (χ1) is 8.72. The number of esters is 1. The fourth-order valence-electron chi connectivity index (χ4n) is 1.17. The molecule has 0 aliphatic rings. The Balaban J connectivity index is 0.00000137. The van der Waals surface area contributed by atoms with Crippen LogP contribution in [0.15, 0.2) is 24.3 Å². The average Bonchev–Trinajstić information content (AvgIpc) is 2.39. The molecule has 0 atom stereocenters. The third-order valence-corrected chi connectivity index (χ3v) is 2.16. The summed E-state index contributed by atoms with van der Waals surface area (Å²) >= 11 is 5.73. The van der Waals surface area contributed by atoms with Gasteiger partial charge in [-0.3, -0.25) is 4.79 Å². The van der Waals surface area contributed by atoms with Crippen LogP contribution in [0, 0.1) is 0 Å². The largest absolute Gasteiger partial charge is 0.494 e. The Bertz CT molecular complexity index is 322. The summed E-state index contributed by atoms with van der Waals surface area (Å²) in [7, 11) is 0. The Morgan fingerprint density at radius 3 is 2.39 bits per heavy atom. The number of carbonyl (C=O) groups is 1. The summed E-state index contributed by atoms with van der Waals surface area (Å²) in [6, 6.07) is 7.13. The molecule has 1 aromatic rings. The van der Waals surface area contributed by atoms with Crippen molar-refractivity contribution >= 4 is 17.6 Å². The van der Waals surface area contributed by atoms with Crippen LogP contribution in [0.5, 0.6) is 5.75 Å². The van der Waals surface area contributed by atoms with Crippen molar-refractivity contribution in [1.82, 2.24) is 0 Å². The van der Waals surface area contributed by atoms with Crippen molar-refractivity contribution in [2.45, 2.75) is 33.6 Å². The van der Waals surface area contributed by atoms with Crippen molar-refractivity contribution in [3.63, 3.8) is 0 Å². The van der Waals surface area contributed by atoms with E-state index in [1.165, 1.54) is 0 Å². The van der Waals surface area contributed by atoms with E-state index in [0.29, 0.717) is 31.1 Å². The monoisotopic (exact) mass is 272 g/mol. The lowest BCUT2D eigenvalue weighted by Gasteiger charge is -2.05. The molecule has 0 heterocycles. The molecule has 0 saturated heterocycles. The minimum absolute atomic E-state index is 0.179. The molecule has 0 N–H and O–H groups in total. The second-order valence-electron chi connectivity index (χ2n) is 3.21. The van der Waals surface area contributed by atoms with Gasteiger partial charge in [-0.25, -0.2) is 0 Å². The summed E-state index contributed by atoms with van der Waals surface area (Å²) in [5, 5.41) is 0.680. The smallest absolute Gasteiger partial charge is 0.305 e. The quantitative estimate of drug-likeness (QED) is 0.578. The Morgan fingerprint density at radius 2 is 1.83 bits per heavy atom. The van der Waals surface area contributed by atoms with Gasteiger partial charge in [-0.1, -0.05) is 25.4 Å². The highest BCUT2D eigenvalue weighted by atomic mass is 35.5. The molecule has 0 aliphatic heterocycles. The van der Waals surface area contributed by atoms with Crippen LogP contribution in [-0.4, -0.2) is 19.2 Å². The Kier molecular flexibility index (Phi) is 10.2. The molecule has 0 radical (unpaired) electrons. The number of ether oxygens (including phenoxy) is 2. The van der Waals surface area contributed by atoms with Gasteiger partial charge in [0.25, 0.3) is 0 Å². The molecule has 0 aromatic heterocycles. The van der Waals surface area contributed by atoms with Gasteiger partial charge in [0.1, 0.15) is 5.75 Å². The lowest BCUT2D eigenvalue weighted by molar-refractivity contribution is -0.143. The normalized spacial score (nSPS) is 9.11. The zero-order valence-electron chi connectivity index (χ0n) is 11.2. The van der Waals surface area contributed by atoms with Gasteiger partial charge in [0.05, 0.1) is 13.2 Å². The number of hydrogen-bond acceptors (Lipinski definition) is 3. The molecule has 0 aliphatic carbocycles. The van der Waals surface area contributed by atoms with Gasteiger partial charge < -0.3 is 9.47 Å². The van der Waals surface area contributed by atoms with E-state index in [1.807, 2.05) is 13.8 Å². The summed E-state index contributed by atoms with van der Waals surface area (Å²) in [5.41, 5.74) is 0. The Labute approximate surface area is 114 Å². The van der Waals surface area contributed by atoms with Crippen molar-refractivity contribution in [2.24, 2.45) is 0 Å². The van der Waals surface area contributed by atoms with Crippen LogP contribution in [0.4, 0.5) is 0 Å². The Morgan fingerprint density at radius 1 is 1.22 bits per heavy atom. The van der Waals surface area contributed by atoms with E-state index in [2.05, 4.69) is 0 Å². The lowest BCUT2D eigenvalue weighted by Crippen LogP contribution is -2.06. The van der Waals surface area contributed by atoms with Gasteiger partial charge in [0.2, 0.25) is 0 Å². The van der Waals surface area contributed by atoms with Gasteiger partial charge in [-0.05, 0) is 37.6 Å². The van der Waals surface area contributed by atoms with Crippen molar-refractivity contribution in [3.05, 3.63) is 29.3 Å². The van der Waals surface area contributed by atoms with E-state index in [-0.39, 0.29) is 5.97 Å². The van der Waals surface area contributed by atoms with Crippen molar-refractivity contribution in [3.8, 4) is 5.75 Å². The second kappa shape index (κ2) is 10.9. The van der Waals surface area contributed by atoms with E-state index < -0.39 is 0 Å². The number of carbonyl (C=O) groups excluding carboxylic acids is 1. The maximum Gasteiger partial charge on any atom is 0.305 e. The van der Waals surface area contributed by atoms with Crippen molar-refractivity contribution < 1.29 is 14.3 Å². The molecule has 0 amide bonds. The van der Waals surface area contributed by atoms with E-state index in [4.69, 9.17) is 21.1 Å². The van der Waals surface area contributed by atoms with Gasteiger partial charge in [-0.15, -0.1) is 0 Å². The molecule has 102 valence electrons. The molecule has 18 heavy (non-hydrogen) atoms. The topological polar surface area (TPSA) is 35.5 Å². The number of benzene rings is 1. The molecular formula is C14H21ClO3. The minimum Gasteiger partial charge on any atom is -0.494 e. The maximum absolute atomic E-state index is 11.0. The molecule has 3 nitrogen and oxygen atoms in total. The van der Waals surface area contributed by atoms with Gasteiger partial charge in [-0.2, -0.15) is 0 Å². The van der Waals surface area contributed by atoms with E-state index in [1.54, 1.807) is 31.2 Å². The van der Waals surface area contributed by atoms with E-state index in [9.17, 15) is 4.79 Å². The molecule has 4 heteroatoms. The molecule has 0 bridgehead atoms. The fraction of sp³-hybridized carbons (Fsp3) is 0.500. The first-order valence-electron chi connectivity index (χ1n) is 6.26. The second-order valence-corrected chi connectivity index (χ2v) is 3.65. The van der Waals surface area contributed by atoms with Crippen LogP contribution in [0.2, 0.25) is 5.02 Å². The number of hydrogen-bond donors (Lipinski definition) is 0. The SMILES string of the molecule is CC.CCOC(=O)CCCOc1ccc(Cl)cc1. The highest BCUT2D eigenvalue weighted by Crippen LogP contribution is 2.15. The number of rotatable bonds is 6. The highest BCUT2D eigenvalue weighted by molar-refractivity contribution is 6.30. The third kappa shape index (κ3) is 7.96. The number of halogens is 1. The molecule has 0 saturated carbocycles. The lowest BCUT2D eigenvalue weighted by atomic mass is 10.3. The summed E-state index contributed by atoms with van der Waals surface area (Å²) in [4.78, 5) is 11.0. The first kappa shape index (κ1) is 16.8. The van der Waals surface area contributed by atoms with Crippen LogP contribution in [0.25, 0.3) is 0 Å². The van der Waals surface area contributed by atoms with Gasteiger partial charge in [0.15, 0.2) is 0 Å². The molecular weight excluding hydrogens is 252 g/mol. The molecule has 0 unspecified atom stereocenters. The fourth-order valence-corrected chi connectivity index (χ4v) is 1.30. The van der Waals surface area contributed by atoms with Crippen LogP contribution < -0.4 is 4.74 Å². The molecule has 0 spiro atoms. The van der Waals surface area contributed by atoms with Crippen LogP contribution >= 0.6 is 11.6 Å². The molecule has 1 rings (SSSR count). The first-order valence-corrected chi connectivity index (χ1v) is 6.64. The molecule has 1 aromatic carbocycles. The van der Waals surface area contributed by atoms with E-state index in [0.717, 1.165) is 5.75 Å². The van der Waals surface area contributed by atoms with Gasteiger partial charge in [0, 0.05) is 11.4 Å². The average molecular weight is 273 g/mol. The predicted molar refractivity (Wildman–Crippen MR) is 74.2 cm³/mol. The van der Waals surface area contributed by atoms with Gasteiger partial charge >= 0.3 is 5.97 Å². The minimum atomic E-state index is -0.179. The summed E-state index contributed by atoms with van der Waals surface area (Å²) in [5.74, 6) is 0.579. The highest BCUT2D eigenvalue weighted by Gasteiger charge is 2.01. The van der Waals surface area contributed by atoms with Crippen LogP contribution in [0.3, 0.4) is 0 Å². The summed E-state index contributed by atoms with van der Waals surface area (Å²) < 4.78 is 10.2. The van der Waals surface area contributed by atoms with Crippen LogP contribution in [-0.2, 0) is 9.53 Å². The van der Waals surface area contributed by atoms with Crippen LogP contribution in [0.1, 0.15) is 33.6 Å². The third-order valence-electron chi connectivity index (χ3n) is 1.91. The zero-order valence-corrected chi connectivity index (χ0v) is 12.0. The zero-order chi connectivity index (χ0) is 13.8. The van der Waals surface area contributed by atoms with Crippen molar-refractivity contribution in [2.75, 3.05) is 13.2 Å². The summed E-state index contributed by atoms with van der Waals surface area (Å²) in [6.45, 7) is 6.72. The Hall–Kier alpha value is -1.22. The predicted octanol–water partition coefficient (Wildman–Crippen LogP) is 4.09. The van der Waals surface area contributed by atoms with E-state index >= 15 is 0 Å². The maximum atomic E-state index is 11.0.